The molecular formula is C20H13N3O6. The SMILES string of the molecule is O=C1c2ccc([N+](=O)[O-])cc2COc2cc(Nc3ccccc3[N+](=O)[O-])ccc21. The molecule has 9 heteroatoms. The number of benzene rings is 3. The number of nitro groups is 2. The molecule has 0 spiro atoms. The number of nitrogens with one attached hydrogen (secondary N) is 1. The number of para-hydroxylation sites is 2. The van der Waals surface area contributed by atoms with Crippen molar-refractivity contribution in [1.29, 1.82) is 0 Å². The fraction of sp³-hybridized carbons (Fsp3) is 0.0500. The smallest absolute Gasteiger partial charge is 0.292 e. The van der Waals surface area contributed by atoms with Crippen molar-refractivity contribution >= 4 is 28.5 Å². The van der Waals surface area contributed by atoms with Crippen LogP contribution in [0.25, 0.3) is 0 Å². The molecular weight excluding hydrogens is 378 g/mol. The number of nitro benzene ring substituents is 2. The van der Waals surface area contributed by atoms with Crippen LogP contribution in [0.3, 0.4) is 0 Å². The standard InChI is InChI=1S/C20H13N3O6/c24-20-15-8-6-14(22(25)26)9-12(15)11-29-19-10-13(5-7-16(19)20)21-17-3-1-2-4-18(17)23(27)28/h1-10,21H,11H2. The summed E-state index contributed by atoms with van der Waals surface area (Å²) in [5, 5.41) is 25.1. The summed E-state index contributed by atoms with van der Waals surface area (Å²) in [7, 11) is 0. The first-order valence-electron chi connectivity index (χ1n) is 8.53. The summed E-state index contributed by atoms with van der Waals surface area (Å²) >= 11 is 0. The largest absolute Gasteiger partial charge is 0.488 e. The predicted molar refractivity (Wildman–Crippen MR) is 104 cm³/mol. The Hall–Kier alpha value is -4.27. The van der Waals surface area contributed by atoms with Crippen molar-refractivity contribution in [2.24, 2.45) is 0 Å². The van der Waals surface area contributed by atoms with E-state index in [4.69, 9.17) is 4.74 Å². The highest BCUT2D eigenvalue weighted by atomic mass is 16.6. The summed E-state index contributed by atoms with van der Waals surface area (Å²) in [6.07, 6.45) is 0. The number of hydrogen-bond donors (Lipinski definition) is 1. The average Bonchev–Trinajstić information content (AvgIpc) is 2.84. The van der Waals surface area contributed by atoms with E-state index in [1.54, 1.807) is 36.4 Å². The number of nitrogens with zero attached hydrogens (tertiary/aromatic N) is 2. The molecule has 0 fully saturated rings. The fourth-order valence-corrected chi connectivity index (χ4v) is 3.14. The molecule has 9 nitrogen and oxygen atoms in total. The molecule has 0 amide bonds. The van der Waals surface area contributed by atoms with Crippen molar-refractivity contribution in [3.05, 3.63) is 97.6 Å². The van der Waals surface area contributed by atoms with E-state index in [1.807, 2.05) is 0 Å². The van der Waals surface area contributed by atoms with Crippen LogP contribution >= 0.6 is 0 Å². The summed E-state index contributed by atoms with van der Waals surface area (Å²) < 4.78 is 5.72. The van der Waals surface area contributed by atoms with Gasteiger partial charge in [-0.25, -0.2) is 0 Å². The number of hydrogen-bond acceptors (Lipinski definition) is 7. The van der Waals surface area contributed by atoms with Gasteiger partial charge in [0, 0.05) is 41.1 Å². The summed E-state index contributed by atoms with van der Waals surface area (Å²) in [5.41, 5.74) is 1.68. The summed E-state index contributed by atoms with van der Waals surface area (Å²) in [5.74, 6) is -0.0166. The number of ketones is 1. The topological polar surface area (TPSA) is 125 Å². The number of anilines is 2. The van der Waals surface area contributed by atoms with Crippen LogP contribution in [-0.4, -0.2) is 15.6 Å². The van der Waals surface area contributed by atoms with Gasteiger partial charge in [0.2, 0.25) is 0 Å². The van der Waals surface area contributed by atoms with Gasteiger partial charge in [-0.05, 0) is 24.3 Å². The van der Waals surface area contributed by atoms with Crippen LogP contribution in [0, 0.1) is 20.2 Å². The van der Waals surface area contributed by atoms with Crippen molar-refractivity contribution in [2.45, 2.75) is 6.61 Å². The van der Waals surface area contributed by atoms with Gasteiger partial charge in [0.1, 0.15) is 18.0 Å². The van der Waals surface area contributed by atoms with E-state index < -0.39 is 9.85 Å². The lowest BCUT2D eigenvalue weighted by Gasteiger charge is -2.11. The molecule has 3 aromatic carbocycles. The predicted octanol–water partition coefficient (Wildman–Crippen LogP) is 4.37. The van der Waals surface area contributed by atoms with Crippen LogP contribution in [0.1, 0.15) is 21.5 Å². The van der Waals surface area contributed by atoms with Crippen LogP contribution in [0.4, 0.5) is 22.7 Å². The number of carbonyl (C=O) groups excluding carboxylic acids is 1. The zero-order valence-electron chi connectivity index (χ0n) is 14.8. The highest BCUT2D eigenvalue weighted by Gasteiger charge is 2.24. The fourth-order valence-electron chi connectivity index (χ4n) is 3.14. The zero-order valence-corrected chi connectivity index (χ0v) is 14.8. The first kappa shape index (κ1) is 18.1. The van der Waals surface area contributed by atoms with Crippen molar-refractivity contribution in [3.8, 4) is 5.75 Å². The van der Waals surface area contributed by atoms with Gasteiger partial charge in [-0.15, -0.1) is 0 Å². The summed E-state index contributed by atoms with van der Waals surface area (Å²) in [4.78, 5) is 34.0. The molecule has 0 bridgehead atoms. The normalized spacial score (nSPS) is 12.2. The Labute approximate surface area is 163 Å². The van der Waals surface area contributed by atoms with Gasteiger partial charge < -0.3 is 10.1 Å². The molecule has 1 aliphatic heterocycles. The molecule has 0 aromatic heterocycles. The summed E-state index contributed by atoms with van der Waals surface area (Å²) in [6.45, 7) is -0.00923. The van der Waals surface area contributed by atoms with Crippen molar-refractivity contribution < 1.29 is 19.4 Å². The van der Waals surface area contributed by atoms with Gasteiger partial charge >= 0.3 is 0 Å². The number of non-ortho nitro benzene ring substituents is 1. The zero-order chi connectivity index (χ0) is 20.5. The molecule has 4 rings (SSSR count). The second kappa shape index (κ2) is 7.04. The first-order chi connectivity index (χ1) is 13.9. The Balaban J connectivity index is 1.68. The highest BCUT2D eigenvalue weighted by molar-refractivity contribution is 6.12. The van der Waals surface area contributed by atoms with Crippen molar-refractivity contribution in [1.82, 2.24) is 0 Å². The number of fused-ring (bicyclic) bond motifs is 2. The van der Waals surface area contributed by atoms with Crippen LogP contribution in [0.2, 0.25) is 0 Å². The van der Waals surface area contributed by atoms with Gasteiger partial charge in [-0.1, -0.05) is 12.1 Å². The molecule has 0 unspecified atom stereocenters. The van der Waals surface area contributed by atoms with Crippen LogP contribution in [-0.2, 0) is 6.61 Å². The van der Waals surface area contributed by atoms with E-state index in [2.05, 4.69) is 5.32 Å². The minimum Gasteiger partial charge on any atom is -0.488 e. The third kappa shape index (κ3) is 3.36. The van der Waals surface area contributed by atoms with Gasteiger partial charge in [0.15, 0.2) is 5.78 Å². The second-order valence-corrected chi connectivity index (χ2v) is 6.33. The molecule has 29 heavy (non-hydrogen) atoms. The number of ether oxygens (including phenoxy) is 1. The van der Waals surface area contributed by atoms with Crippen molar-refractivity contribution in [2.75, 3.05) is 5.32 Å². The van der Waals surface area contributed by atoms with Crippen LogP contribution in [0.15, 0.2) is 60.7 Å². The molecule has 0 atom stereocenters. The van der Waals surface area contributed by atoms with Gasteiger partial charge in [-0.2, -0.15) is 0 Å². The first-order valence-corrected chi connectivity index (χ1v) is 8.53. The van der Waals surface area contributed by atoms with Crippen molar-refractivity contribution in [3.63, 3.8) is 0 Å². The second-order valence-electron chi connectivity index (χ2n) is 6.33. The maximum Gasteiger partial charge on any atom is 0.292 e. The van der Waals surface area contributed by atoms with E-state index in [0.29, 0.717) is 28.1 Å². The van der Waals surface area contributed by atoms with Crippen LogP contribution in [0.5, 0.6) is 5.75 Å². The molecule has 0 saturated carbocycles. The molecule has 3 aromatic rings. The molecule has 0 radical (unpaired) electrons. The lowest BCUT2D eigenvalue weighted by molar-refractivity contribution is -0.385. The van der Waals surface area contributed by atoms with Gasteiger partial charge in [-0.3, -0.25) is 25.0 Å². The summed E-state index contributed by atoms with van der Waals surface area (Å²) in [6, 6.07) is 15.0. The monoisotopic (exact) mass is 391 g/mol. The molecule has 0 saturated heterocycles. The van der Waals surface area contributed by atoms with E-state index >= 15 is 0 Å². The lowest BCUT2D eigenvalue weighted by Crippen LogP contribution is -2.04. The lowest BCUT2D eigenvalue weighted by atomic mass is 9.98. The van der Waals surface area contributed by atoms with E-state index in [-0.39, 0.29) is 29.5 Å². The van der Waals surface area contributed by atoms with Gasteiger partial charge in [0.05, 0.1) is 15.4 Å². The van der Waals surface area contributed by atoms with E-state index in [1.165, 1.54) is 24.3 Å². The number of rotatable bonds is 4. The van der Waals surface area contributed by atoms with Crippen LogP contribution < -0.4 is 10.1 Å². The Morgan fingerprint density at radius 3 is 2.41 bits per heavy atom. The Morgan fingerprint density at radius 1 is 0.897 bits per heavy atom. The highest BCUT2D eigenvalue weighted by Crippen LogP contribution is 2.34. The Morgan fingerprint density at radius 2 is 1.66 bits per heavy atom. The maximum atomic E-state index is 12.9. The molecule has 0 aliphatic carbocycles. The molecule has 144 valence electrons. The third-order valence-electron chi connectivity index (χ3n) is 4.53. The van der Waals surface area contributed by atoms with E-state index in [0.717, 1.165) is 0 Å². The Kier molecular flexibility index (Phi) is 4.40. The quantitative estimate of drug-likeness (QED) is 0.517. The molecule has 1 heterocycles. The minimum absolute atomic E-state index is 0.00923. The average molecular weight is 391 g/mol. The maximum absolute atomic E-state index is 12.9. The molecule has 1 N–H and O–H groups in total. The third-order valence-corrected chi connectivity index (χ3v) is 4.53. The van der Waals surface area contributed by atoms with Gasteiger partial charge in [0.25, 0.3) is 11.4 Å². The minimum atomic E-state index is -0.530. The van der Waals surface area contributed by atoms with E-state index in [9.17, 15) is 25.0 Å². The number of carbonyl (C=O) groups is 1. The Bertz CT molecular complexity index is 1170. The molecule has 1 aliphatic rings.